The highest BCUT2D eigenvalue weighted by Gasteiger charge is 2.45. The van der Waals surface area contributed by atoms with Gasteiger partial charge in [-0.3, -0.25) is 9.48 Å². The number of amides is 1. The van der Waals surface area contributed by atoms with Gasteiger partial charge in [-0.15, -0.1) is 12.4 Å². The van der Waals surface area contributed by atoms with Gasteiger partial charge in [-0.05, 0) is 24.8 Å². The van der Waals surface area contributed by atoms with Crippen LogP contribution in [0.2, 0.25) is 0 Å². The first-order valence-electron chi connectivity index (χ1n) is 6.37. The molecule has 2 rings (SSSR count). The van der Waals surface area contributed by atoms with Crippen molar-refractivity contribution in [2.75, 3.05) is 13.6 Å². The van der Waals surface area contributed by atoms with Crippen molar-refractivity contribution in [1.29, 1.82) is 0 Å². The monoisotopic (exact) mass is 286 g/mol. The highest BCUT2D eigenvalue weighted by Crippen LogP contribution is 2.50. The van der Waals surface area contributed by atoms with E-state index >= 15 is 0 Å². The average Bonchev–Trinajstić information content (AvgIpc) is 2.69. The molecule has 0 saturated heterocycles. The van der Waals surface area contributed by atoms with E-state index in [-0.39, 0.29) is 24.4 Å². The van der Waals surface area contributed by atoms with Gasteiger partial charge in [0, 0.05) is 25.4 Å². The lowest BCUT2D eigenvalue weighted by Gasteiger charge is -2.15. The van der Waals surface area contributed by atoms with Gasteiger partial charge in [0.05, 0.1) is 6.20 Å². The zero-order valence-electron chi connectivity index (χ0n) is 11.9. The Bertz CT molecular complexity index is 444. The van der Waals surface area contributed by atoms with Crippen LogP contribution in [0, 0.1) is 11.3 Å². The Hall–Kier alpha value is -1.07. The molecule has 6 heteroatoms. The topological polar surface area (TPSA) is 59.0 Å². The van der Waals surface area contributed by atoms with Crippen molar-refractivity contribution in [3.05, 3.63) is 18.0 Å². The molecule has 1 saturated carbocycles. The quantitative estimate of drug-likeness (QED) is 0.857. The van der Waals surface area contributed by atoms with E-state index in [1.165, 1.54) is 6.42 Å². The number of nitrogens with one attached hydrogen (secondary N) is 2. The SMILES string of the molecule is CNC(C(=O)NCC1CC1(C)C)c1cnn(C)c1.Cl. The van der Waals surface area contributed by atoms with Crippen LogP contribution >= 0.6 is 12.4 Å². The maximum atomic E-state index is 12.1. The molecule has 2 N–H and O–H groups in total. The zero-order valence-corrected chi connectivity index (χ0v) is 12.8. The van der Waals surface area contributed by atoms with Crippen molar-refractivity contribution >= 4 is 18.3 Å². The Morgan fingerprint density at radius 1 is 1.63 bits per heavy atom. The molecule has 5 nitrogen and oxygen atoms in total. The maximum Gasteiger partial charge on any atom is 0.241 e. The van der Waals surface area contributed by atoms with E-state index in [1.807, 2.05) is 13.2 Å². The second kappa shape index (κ2) is 5.92. The molecule has 0 aliphatic heterocycles. The fourth-order valence-corrected chi connectivity index (χ4v) is 2.29. The molecule has 0 bridgehead atoms. The lowest BCUT2D eigenvalue weighted by atomic mass is 10.1. The van der Waals surface area contributed by atoms with E-state index in [0.29, 0.717) is 11.3 Å². The van der Waals surface area contributed by atoms with Gasteiger partial charge in [-0.2, -0.15) is 5.10 Å². The fourth-order valence-electron chi connectivity index (χ4n) is 2.29. The van der Waals surface area contributed by atoms with Crippen LogP contribution in [0.1, 0.15) is 31.9 Å². The van der Waals surface area contributed by atoms with Gasteiger partial charge in [-0.1, -0.05) is 13.8 Å². The molecule has 1 aromatic rings. The first-order chi connectivity index (χ1) is 8.44. The number of rotatable bonds is 5. The summed E-state index contributed by atoms with van der Waals surface area (Å²) in [5.74, 6) is 0.640. The predicted octanol–water partition coefficient (Wildman–Crippen LogP) is 1.26. The number of hydrogen-bond acceptors (Lipinski definition) is 3. The van der Waals surface area contributed by atoms with E-state index in [0.717, 1.165) is 12.1 Å². The summed E-state index contributed by atoms with van der Waals surface area (Å²) in [4.78, 5) is 12.1. The fraction of sp³-hybridized carbons (Fsp3) is 0.692. The standard InChI is InChI=1S/C13H22N4O.ClH/c1-13(2)5-10(13)7-15-12(18)11(14-3)9-6-16-17(4)8-9;/h6,8,10-11,14H,5,7H2,1-4H3,(H,15,18);1H. The van der Waals surface area contributed by atoms with Crippen LogP contribution in [-0.2, 0) is 11.8 Å². The molecular formula is C13H23ClN4O. The summed E-state index contributed by atoms with van der Waals surface area (Å²) < 4.78 is 1.71. The van der Waals surface area contributed by atoms with Crippen molar-refractivity contribution in [2.45, 2.75) is 26.3 Å². The summed E-state index contributed by atoms with van der Waals surface area (Å²) in [6.45, 7) is 5.24. The second-order valence-corrected chi connectivity index (χ2v) is 5.80. The van der Waals surface area contributed by atoms with E-state index in [9.17, 15) is 4.79 Å². The van der Waals surface area contributed by atoms with Crippen LogP contribution in [0.3, 0.4) is 0 Å². The summed E-state index contributed by atoms with van der Waals surface area (Å²) in [6.07, 6.45) is 4.79. The van der Waals surface area contributed by atoms with E-state index < -0.39 is 0 Å². The number of halogens is 1. The average molecular weight is 287 g/mol. The van der Waals surface area contributed by atoms with Gasteiger partial charge < -0.3 is 10.6 Å². The van der Waals surface area contributed by atoms with Crippen LogP contribution in [0.4, 0.5) is 0 Å². The minimum absolute atomic E-state index is 0. The highest BCUT2D eigenvalue weighted by atomic mass is 35.5. The number of likely N-dealkylation sites (N-methyl/N-ethyl adjacent to an activating group) is 1. The van der Waals surface area contributed by atoms with Crippen molar-refractivity contribution < 1.29 is 4.79 Å². The molecule has 1 aromatic heterocycles. The third kappa shape index (κ3) is 3.70. The molecule has 1 fully saturated rings. The van der Waals surface area contributed by atoms with Gasteiger partial charge in [0.15, 0.2) is 0 Å². The Balaban J connectivity index is 0.00000180. The maximum absolute atomic E-state index is 12.1. The summed E-state index contributed by atoms with van der Waals surface area (Å²) in [6, 6.07) is -0.319. The number of aryl methyl sites for hydroxylation is 1. The highest BCUT2D eigenvalue weighted by molar-refractivity contribution is 5.85. The van der Waals surface area contributed by atoms with Gasteiger partial charge >= 0.3 is 0 Å². The predicted molar refractivity (Wildman–Crippen MR) is 77.2 cm³/mol. The van der Waals surface area contributed by atoms with Crippen LogP contribution in [0.15, 0.2) is 12.4 Å². The summed E-state index contributed by atoms with van der Waals surface area (Å²) >= 11 is 0. The number of aromatic nitrogens is 2. The molecule has 108 valence electrons. The largest absolute Gasteiger partial charge is 0.354 e. The number of carbonyl (C=O) groups is 1. The Kier molecular flexibility index (Phi) is 4.98. The molecule has 0 radical (unpaired) electrons. The molecule has 1 heterocycles. The molecule has 1 aliphatic carbocycles. The van der Waals surface area contributed by atoms with Gasteiger partial charge in [-0.25, -0.2) is 0 Å². The zero-order chi connectivity index (χ0) is 13.3. The molecule has 19 heavy (non-hydrogen) atoms. The van der Waals surface area contributed by atoms with Gasteiger partial charge in [0.25, 0.3) is 0 Å². The third-order valence-electron chi connectivity index (χ3n) is 3.85. The van der Waals surface area contributed by atoms with E-state index in [2.05, 4.69) is 29.6 Å². The molecule has 1 aliphatic rings. The van der Waals surface area contributed by atoms with Crippen LogP contribution in [0.25, 0.3) is 0 Å². The Morgan fingerprint density at radius 3 is 2.68 bits per heavy atom. The Morgan fingerprint density at radius 2 is 2.26 bits per heavy atom. The van der Waals surface area contributed by atoms with Crippen molar-refractivity contribution in [1.82, 2.24) is 20.4 Å². The minimum atomic E-state index is -0.319. The molecule has 2 unspecified atom stereocenters. The van der Waals surface area contributed by atoms with E-state index in [1.54, 1.807) is 17.9 Å². The van der Waals surface area contributed by atoms with Crippen molar-refractivity contribution in [2.24, 2.45) is 18.4 Å². The minimum Gasteiger partial charge on any atom is -0.354 e. The third-order valence-corrected chi connectivity index (χ3v) is 3.85. The lowest BCUT2D eigenvalue weighted by molar-refractivity contribution is -0.123. The summed E-state index contributed by atoms with van der Waals surface area (Å²) in [5, 5.41) is 10.1. The first-order valence-corrected chi connectivity index (χ1v) is 6.37. The molecule has 1 amide bonds. The smallest absolute Gasteiger partial charge is 0.241 e. The van der Waals surface area contributed by atoms with Crippen molar-refractivity contribution in [3.8, 4) is 0 Å². The number of carbonyl (C=O) groups excluding carboxylic acids is 1. The normalized spacial score (nSPS) is 21.4. The lowest BCUT2D eigenvalue weighted by Crippen LogP contribution is -2.37. The number of hydrogen-bond donors (Lipinski definition) is 2. The number of nitrogens with zero attached hydrogens (tertiary/aromatic N) is 2. The van der Waals surface area contributed by atoms with Crippen LogP contribution in [0.5, 0.6) is 0 Å². The Labute approximate surface area is 120 Å². The molecule has 0 spiro atoms. The summed E-state index contributed by atoms with van der Waals surface area (Å²) in [5.41, 5.74) is 1.30. The molecular weight excluding hydrogens is 264 g/mol. The van der Waals surface area contributed by atoms with Gasteiger partial charge in [0.1, 0.15) is 6.04 Å². The van der Waals surface area contributed by atoms with E-state index in [4.69, 9.17) is 0 Å². The van der Waals surface area contributed by atoms with Crippen molar-refractivity contribution in [3.63, 3.8) is 0 Å². The van der Waals surface area contributed by atoms with Crippen LogP contribution in [-0.4, -0.2) is 29.3 Å². The second-order valence-electron chi connectivity index (χ2n) is 5.80. The van der Waals surface area contributed by atoms with Crippen LogP contribution < -0.4 is 10.6 Å². The summed E-state index contributed by atoms with van der Waals surface area (Å²) in [7, 11) is 3.64. The van der Waals surface area contributed by atoms with Gasteiger partial charge in [0.2, 0.25) is 5.91 Å². The molecule has 2 atom stereocenters. The molecule has 0 aromatic carbocycles. The first kappa shape index (κ1) is 16.0.